The van der Waals surface area contributed by atoms with Crippen molar-refractivity contribution in [3.8, 4) is 5.75 Å². The number of hydrogen-bond acceptors (Lipinski definition) is 4. The van der Waals surface area contributed by atoms with Crippen molar-refractivity contribution >= 4 is 21.6 Å². The molecule has 6 nitrogen and oxygen atoms in total. The van der Waals surface area contributed by atoms with Crippen LogP contribution in [0.4, 0.5) is 5.69 Å². The van der Waals surface area contributed by atoms with Crippen LogP contribution < -0.4 is 10.1 Å². The predicted molar refractivity (Wildman–Crippen MR) is 107 cm³/mol. The molecular weight excluding hydrogens is 364 g/mol. The number of amides is 1. The van der Waals surface area contributed by atoms with Gasteiger partial charge in [0.25, 0.3) is 5.91 Å². The topological polar surface area (TPSA) is 75.7 Å². The molecule has 0 atom stereocenters. The summed E-state index contributed by atoms with van der Waals surface area (Å²) in [7, 11) is -3.54. The molecule has 1 N–H and O–H groups in total. The maximum absolute atomic E-state index is 12.5. The monoisotopic (exact) mass is 390 g/mol. The van der Waals surface area contributed by atoms with Crippen LogP contribution in [0.15, 0.2) is 53.4 Å². The van der Waals surface area contributed by atoms with E-state index in [1.807, 2.05) is 19.1 Å². The molecule has 0 saturated carbocycles. The average Bonchev–Trinajstić information content (AvgIpc) is 2.68. The van der Waals surface area contributed by atoms with E-state index in [2.05, 4.69) is 5.32 Å². The largest absolute Gasteiger partial charge is 0.491 e. The Hall–Kier alpha value is -2.38. The van der Waals surface area contributed by atoms with Gasteiger partial charge in [-0.1, -0.05) is 32.9 Å². The summed E-state index contributed by atoms with van der Waals surface area (Å²) < 4.78 is 32.1. The number of carbonyl (C=O) groups is 1. The van der Waals surface area contributed by atoms with Gasteiger partial charge >= 0.3 is 0 Å². The molecule has 7 heteroatoms. The van der Waals surface area contributed by atoms with Gasteiger partial charge in [-0.3, -0.25) is 4.79 Å². The van der Waals surface area contributed by atoms with E-state index in [1.54, 1.807) is 26.0 Å². The molecule has 146 valence electrons. The van der Waals surface area contributed by atoms with Gasteiger partial charge in [0.15, 0.2) is 0 Å². The minimum Gasteiger partial charge on any atom is -0.491 e. The zero-order valence-corrected chi connectivity index (χ0v) is 16.8. The lowest BCUT2D eigenvalue weighted by atomic mass is 10.2. The lowest BCUT2D eigenvalue weighted by molar-refractivity contribution is 0.102. The highest BCUT2D eigenvalue weighted by Crippen LogP contribution is 2.25. The van der Waals surface area contributed by atoms with Crippen LogP contribution in [0.5, 0.6) is 5.75 Å². The lowest BCUT2D eigenvalue weighted by Gasteiger charge is -2.18. The van der Waals surface area contributed by atoms with Gasteiger partial charge in [-0.2, -0.15) is 4.31 Å². The standard InChI is InChI=1S/C20H26N2O4S/c1-4-15-26-19-10-8-7-9-18(19)21-20(23)16-11-13-17(14-12-16)27(24,25)22(5-2)6-3/h7-14H,4-6,15H2,1-3H3,(H,21,23). The first-order valence-corrected chi connectivity index (χ1v) is 10.5. The minimum absolute atomic E-state index is 0.175. The Morgan fingerprint density at radius 2 is 1.63 bits per heavy atom. The van der Waals surface area contributed by atoms with Gasteiger partial charge < -0.3 is 10.1 Å². The van der Waals surface area contributed by atoms with Crippen LogP contribution in [-0.2, 0) is 10.0 Å². The first-order valence-electron chi connectivity index (χ1n) is 9.07. The summed E-state index contributed by atoms with van der Waals surface area (Å²) in [5.41, 5.74) is 0.953. The number of ether oxygens (including phenoxy) is 1. The molecule has 0 spiro atoms. The summed E-state index contributed by atoms with van der Waals surface area (Å²) in [5, 5.41) is 2.82. The van der Waals surface area contributed by atoms with E-state index in [-0.39, 0.29) is 10.8 Å². The summed E-state index contributed by atoms with van der Waals surface area (Å²) in [4.78, 5) is 12.7. The summed E-state index contributed by atoms with van der Waals surface area (Å²) in [6.07, 6.45) is 0.866. The molecule has 27 heavy (non-hydrogen) atoms. The summed E-state index contributed by atoms with van der Waals surface area (Å²) in [6.45, 7) is 6.95. The second kappa shape index (κ2) is 9.53. The SMILES string of the molecule is CCCOc1ccccc1NC(=O)c1ccc(S(=O)(=O)N(CC)CC)cc1. The number of benzene rings is 2. The second-order valence-electron chi connectivity index (χ2n) is 5.91. The van der Waals surface area contributed by atoms with E-state index in [4.69, 9.17) is 4.74 Å². The zero-order chi connectivity index (χ0) is 19.9. The first-order chi connectivity index (χ1) is 12.9. The van der Waals surface area contributed by atoms with Crippen LogP contribution in [0.25, 0.3) is 0 Å². The molecule has 2 aromatic carbocycles. The average molecular weight is 391 g/mol. The van der Waals surface area contributed by atoms with Gasteiger partial charge in [0, 0.05) is 18.7 Å². The molecule has 0 aliphatic heterocycles. The molecule has 2 rings (SSSR count). The van der Waals surface area contributed by atoms with Gasteiger partial charge in [0.1, 0.15) is 5.75 Å². The van der Waals surface area contributed by atoms with Crippen LogP contribution in [-0.4, -0.2) is 38.3 Å². The van der Waals surface area contributed by atoms with Crippen molar-refractivity contribution in [2.45, 2.75) is 32.1 Å². The Morgan fingerprint density at radius 3 is 2.22 bits per heavy atom. The van der Waals surface area contributed by atoms with Crippen LogP contribution >= 0.6 is 0 Å². The van der Waals surface area contributed by atoms with Crippen molar-refractivity contribution in [2.24, 2.45) is 0 Å². The van der Waals surface area contributed by atoms with E-state index < -0.39 is 10.0 Å². The molecule has 0 radical (unpaired) electrons. The molecular formula is C20H26N2O4S. The number of para-hydroxylation sites is 2. The third kappa shape index (κ3) is 5.08. The third-order valence-electron chi connectivity index (χ3n) is 4.06. The summed E-state index contributed by atoms with van der Waals surface area (Å²) >= 11 is 0. The van der Waals surface area contributed by atoms with E-state index in [1.165, 1.54) is 28.6 Å². The Kier molecular flexibility index (Phi) is 7.38. The third-order valence-corrected chi connectivity index (χ3v) is 6.12. The van der Waals surface area contributed by atoms with Crippen molar-refractivity contribution in [2.75, 3.05) is 25.0 Å². The number of nitrogens with one attached hydrogen (secondary N) is 1. The number of carbonyl (C=O) groups excluding carboxylic acids is 1. The molecule has 0 bridgehead atoms. The maximum atomic E-state index is 12.5. The molecule has 0 aromatic heterocycles. The number of hydrogen-bond donors (Lipinski definition) is 1. The molecule has 0 aliphatic carbocycles. The summed E-state index contributed by atoms with van der Waals surface area (Å²) in [5.74, 6) is 0.280. The van der Waals surface area contributed by atoms with Crippen LogP contribution in [0.1, 0.15) is 37.6 Å². The summed E-state index contributed by atoms with van der Waals surface area (Å²) in [6, 6.07) is 13.2. The molecule has 0 heterocycles. The van der Waals surface area contributed by atoms with Crippen molar-refractivity contribution in [3.63, 3.8) is 0 Å². The van der Waals surface area contributed by atoms with Crippen molar-refractivity contribution in [1.29, 1.82) is 0 Å². The van der Waals surface area contributed by atoms with Gasteiger partial charge in [0.2, 0.25) is 10.0 Å². The van der Waals surface area contributed by atoms with Gasteiger partial charge in [0.05, 0.1) is 17.2 Å². The molecule has 2 aromatic rings. The highest BCUT2D eigenvalue weighted by Gasteiger charge is 2.21. The van der Waals surface area contributed by atoms with E-state index >= 15 is 0 Å². The van der Waals surface area contributed by atoms with E-state index in [9.17, 15) is 13.2 Å². The van der Waals surface area contributed by atoms with Crippen molar-refractivity contribution in [3.05, 3.63) is 54.1 Å². The minimum atomic E-state index is -3.54. The fourth-order valence-electron chi connectivity index (χ4n) is 2.59. The Bertz CT molecular complexity index is 860. The second-order valence-corrected chi connectivity index (χ2v) is 7.85. The van der Waals surface area contributed by atoms with Gasteiger partial charge in [-0.25, -0.2) is 8.42 Å². The fraction of sp³-hybridized carbons (Fsp3) is 0.350. The quantitative estimate of drug-likeness (QED) is 0.707. The van der Waals surface area contributed by atoms with E-state index in [0.717, 1.165) is 6.42 Å². The van der Waals surface area contributed by atoms with E-state index in [0.29, 0.717) is 36.7 Å². The normalized spacial score (nSPS) is 11.4. The number of rotatable bonds is 9. The Labute approximate surface area is 161 Å². The predicted octanol–water partition coefficient (Wildman–Crippen LogP) is 3.76. The number of anilines is 1. The van der Waals surface area contributed by atoms with Gasteiger partial charge in [-0.15, -0.1) is 0 Å². The van der Waals surface area contributed by atoms with Crippen molar-refractivity contribution < 1.29 is 17.9 Å². The van der Waals surface area contributed by atoms with Crippen LogP contribution in [0.2, 0.25) is 0 Å². The highest BCUT2D eigenvalue weighted by molar-refractivity contribution is 7.89. The zero-order valence-electron chi connectivity index (χ0n) is 15.9. The number of sulfonamides is 1. The maximum Gasteiger partial charge on any atom is 0.255 e. The molecule has 0 fully saturated rings. The van der Waals surface area contributed by atoms with Crippen LogP contribution in [0.3, 0.4) is 0 Å². The Morgan fingerprint density at radius 1 is 1.00 bits per heavy atom. The smallest absolute Gasteiger partial charge is 0.255 e. The molecule has 1 amide bonds. The lowest BCUT2D eigenvalue weighted by Crippen LogP contribution is -2.30. The first kappa shape index (κ1) is 20.9. The Balaban J connectivity index is 2.17. The number of nitrogens with zero attached hydrogens (tertiary/aromatic N) is 1. The van der Waals surface area contributed by atoms with Crippen LogP contribution in [0, 0.1) is 0 Å². The molecule has 0 unspecified atom stereocenters. The highest BCUT2D eigenvalue weighted by atomic mass is 32.2. The van der Waals surface area contributed by atoms with Crippen molar-refractivity contribution in [1.82, 2.24) is 4.31 Å². The molecule has 0 saturated heterocycles. The fourth-order valence-corrected chi connectivity index (χ4v) is 4.05. The molecule has 0 aliphatic rings. The van der Waals surface area contributed by atoms with Gasteiger partial charge in [-0.05, 0) is 42.8 Å².